The van der Waals surface area contributed by atoms with E-state index >= 15 is 0 Å². The summed E-state index contributed by atoms with van der Waals surface area (Å²) in [4.78, 5) is 0.227. The lowest BCUT2D eigenvalue weighted by Gasteiger charge is -2.13. The number of nitrogens with two attached hydrogens (primary N) is 1. The lowest BCUT2D eigenvalue weighted by Crippen LogP contribution is -2.25. The normalized spacial score (nSPS) is 16.1. The zero-order chi connectivity index (χ0) is 13.7. The molecular weight excluding hydrogens is 260 g/mol. The second kappa shape index (κ2) is 6.21. The molecule has 0 amide bonds. The van der Waals surface area contributed by atoms with Gasteiger partial charge in [-0.25, -0.2) is 13.1 Å². The van der Waals surface area contributed by atoms with Crippen LogP contribution in [-0.4, -0.2) is 15.0 Å². The predicted molar refractivity (Wildman–Crippen MR) is 77.2 cm³/mol. The molecule has 0 atom stereocenters. The van der Waals surface area contributed by atoms with E-state index in [1.165, 1.54) is 24.5 Å². The first kappa shape index (κ1) is 14.1. The van der Waals surface area contributed by atoms with Gasteiger partial charge < -0.3 is 5.73 Å². The highest BCUT2D eigenvalue weighted by Crippen LogP contribution is 2.20. The molecule has 1 aliphatic carbocycles. The molecule has 0 unspecified atom stereocenters. The molecular formula is C14H20N2O2S. The van der Waals surface area contributed by atoms with E-state index in [1.54, 1.807) is 18.2 Å². The number of allylic oxidation sites excluding steroid dienone is 1. The minimum atomic E-state index is -3.44. The zero-order valence-corrected chi connectivity index (χ0v) is 11.7. The molecule has 0 fully saturated rings. The van der Waals surface area contributed by atoms with Crippen molar-refractivity contribution in [2.24, 2.45) is 0 Å². The van der Waals surface area contributed by atoms with E-state index < -0.39 is 10.0 Å². The van der Waals surface area contributed by atoms with Gasteiger partial charge >= 0.3 is 0 Å². The fourth-order valence-corrected chi connectivity index (χ4v) is 3.33. The molecule has 5 heteroatoms. The fraction of sp³-hybridized carbons (Fsp3) is 0.429. The number of hydrogen-bond donors (Lipinski definition) is 2. The Labute approximate surface area is 114 Å². The van der Waals surface area contributed by atoms with Crippen LogP contribution in [0.15, 0.2) is 40.8 Å². The van der Waals surface area contributed by atoms with Crippen LogP contribution in [0.5, 0.6) is 0 Å². The van der Waals surface area contributed by atoms with Gasteiger partial charge in [-0.15, -0.1) is 0 Å². The van der Waals surface area contributed by atoms with Gasteiger partial charge in [0.2, 0.25) is 10.0 Å². The molecule has 1 aliphatic rings. The first-order chi connectivity index (χ1) is 9.08. The molecule has 3 N–H and O–H groups in total. The van der Waals surface area contributed by atoms with E-state index in [1.807, 2.05) is 0 Å². The molecule has 0 bridgehead atoms. The predicted octanol–water partition coefficient (Wildman–Crippen LogP) is 2.44. The summed E-state index contributed by atoms with van der Waals surface area (Å²) in [6, 6.07) is 6.35. The van der Waals surface area contributed by atoms with Gasteiger partial charge in [-0.05, 0) is 50.3 Å². The molecule has 0 spiro atoms. The highest BCUT2D eigenvalue weighted by Gasteiger charge is 2.13. The number of anilines is 1. The summed E-state index contributed by atoms with van der Waals surface area (Å²) in [7, 11) is -3.44. The van der Waals surface area contributed by atoms with Crippen LogP contribution in [0.4, 0.5) is 5.69 Å². The Morgan fingerprint density at radius 3 is 2.79 bits per heavy atom. The van der Waals surface area contributed by atoms with Gasteiger partial charge in [-0.1, -0.05) is 17.7 Å². The van der Waals surface area contributed by atoms with Crippen LogP contribution < -0.4 is 10.5 Å². The number of nitrogens with one attached hydrogen (secondary N) is 1. The summed E-state index contributed by atoms with van der Waals surface area (Å²) in [5.74, 6) is 0. The minimum Gasteiger partial charge on any atom is -0.399 e. The first-order valence-corrected chi connectivity index (χ1v) is 8.09. The van der Waals surface area contributed by atoms with E-state index in [4.69, 9.17) is 5.73 Å². The number of hydrogen-bond acceptors (Lipinski definition) is 3. The van der Waals surface area contributed by atoms with Crippen molar-refractivity contribution in [1.29, 1.82) is 0 Å². The Balaban J connectivity index is 1.92. The summed E-state index contributed by atoms with van der Waals surface area (Å²) >= 11 is 0. The average Bonchev–Trinajstić information content (AvgIpc) is 2.40. The van der Waals surface area contributed by atoms with Gasteiger partial charge in [0.25, 0.3) is 0 Å². The minimum absolute atomic E-state index is 0.227. The van der Waals surface area contributed by atoms with Gasteiger partial charge in [-0.3, -0.25) is 0 Å². The number of rotatable bonds is 5. The molecule has 0 aromatic heterocycles. The van der Waals surface area contributed by atoms with Gasteiger partial charge in [0.15, 0.2) is 0 Å². The molecule has 0 radical (unpaired) electrons. The summed E-state index contributed by atoms with van der Waals surface area (Å²) in [5, 5.41) is 0. The van der Waals surface area contributed by atoms with Crippen molar-refractivity contribution in [3.8, 4) is 0 Å². The van der Waals surface area contributed by atoms with Crippen molar-refractivity contribution < 1.29 is 8.42 Å². The Morgan fingerprint density at radius 2 is 2.11 bits per heavy atom. The van der Waals surface area contributed by atoms with Gasteiger partial charge in [-0.2, -0.15) is 0 Å². The van der Waals surface area contributed by atoms with Crippen molar-refractivity contribution in [1.82, 2.24) is 4.72 Å². The molecule has 1 aromatic rings. The molecule has 4 nitrogen and oxygen atoms in total. The quantitative estimate of drug-likeness (QED) is 0.642. The van der Waals surface area contributed by atoms with E-state index in [0.29, 0.717) is 12.2 Å². The molecule has 0 saturated heterocycles. The summed E-state index contributed by atoms with van der Waals surface area (Å²) in [5.41, 5.74) is 7.42. The maximum atomic E-state index is 12.0. The third-order valence-electron chi connectivity index (χ3n) is 3.29. The third kappa shape index (κ3) is 4.08. The first-order valence-electron chi connectivity index (χ1n) is 6.61. The van der Waals surface area contributed by atoms with Crippen LogP contribution in [0.2, 0.25) is 0 Å². The second-order valence-electron chi connectivity index (χ2n) is 4.83. The SMILES string of the molecule is Nc1cccc(S(=O)(=O)NCCC2=CCCCC2)c1. The third-order valence-corrected chi connectivity index (χ3v) is 4.75. The van der Waals surface area contributed by atoms with Crippen LogP contribution in [0.1, 0.15) is 32.1 Å². The van der Waals surface area contributed by atoms with Gasteiger partial charge in [0.05, 0.1) is 4.90 Å². The lowest BCUT2D eigenvalue weighted by molar-refractivity contribution is 0.579. The summed E-state index contributed by atoms with van der Waals surface area (Å²) in [6.45, 7) is 0.447. The largest absolute Gasteiger partial charge is 0.399 e. The Kier molecular flexibility index (Phi) is 4.61. The average molecular weight is 280 g/mol. The molecule has 0 heterocycles. The van der Waals surface area contributed by atoms with Crippen LogP contribution >= 0.6 is 0 Å². The fourth-order valence-electron chi connectivity index (χ4n) is 2.24. The number of benzene rings is 1. The topological polar surface area (TPSA) is 72.2 Å². The van der Waals surface area contributed by atoms with E-state index in [0.717, 1.165) is 19.3 Å². The standard InChI is InChI=1S/C14H20N2O2S/c15-13-7-4-8-14(11-13)19(17,18)16-10-9-12-5-2-1-3-6-12/h4-5,7-8,11,16H,1-3,6,9-10,15H2. The molecule has 0 aliphatic heterocycles. The van der Waals surface area contributed by atoms with Crippen molar-refractivity contribution in [2.45, 2.75) is 37.0 Å². The van der Waals surface area contributed by atoms with Gasteiger partial charge in [0.1, 0.15) is 0 Å². The zero-order valence-electron chi connectivity index (χ0n) is 10.9. The van der Waals surface area contributed by atoms with Gasteiger partial charge in [0, 0.05) is 12.2 Å². The Bertz CT molecular complexity index is 565. The molecule has 1 aromatic carbocycles. The monoisotopic (exact) mass is 280 g/mol. The smallest absolute Gasteiger partial charge is 0.240 e. The number of nitrogen functional groups attached to an aromatic ring is 1. The lowest BCUT2D eigenvalue weighted by atomic mass is 9.97. The van der Waals surface area contributed by atoms with E-state index in [2.05, 4.69) is 10.8 Å². The van der Waals surface area contributed by atoms with E-state index in [-0.39, 0.29) is 4.90 Å². The maximum Gasteiger partial charge on any atom is 0.240 e. The highest BCUT2D eigenvalue weighted by atomic mass is 32.2. The maximum absolute atomic E-state index is 12.0. The molecule has 19 heavy (non-hydrogen) atoms. The molecule has 0 saturated carbocycles. The molecule has 104 valence electrons. The van der Waals surface area contributed by atoms with Crippen LogP contribution in [0.25, 0.3) is 0 Å². The van der Waals surface area contributed by atoms with Crippen molar-refractivity contribution in [2.75, 3.05) is 12.3 Å². The van der Waals surface area contributed by atoms with E-state index in [9.17, 15) is 8.42 Å². The summed E-state index contributed by atoms with van der Waals surface area (Å²) in [6.07, 6.45) is 7.71. The second-order valence-corrected chi connectivity index (χ2v) is 6.60. The molecule has 2 rings (SSSR count). The van der Waals surface area contributed by atoms with Crippen LogP contribution in [-0.2, 0) is 10.0 Å². The Hall–Kier alpha value is -1.33. The number of sulfonamides is 1. The van der Waals surface area contributed by atoms with Crippen molar-refractivity contribution in [3.05, 3.63) is 35.9 Å². The van der Waals surface area contributed by atoms with Crippen LogP contribution in [0, 0.1) is 0 Å². The highest BCUT2D eigenvalue weighted by molar-refractivity contribution is 7.89. The van der Waals surface area contributed by atoms with Crippen molar-refractivity contribution in [3.63, 3.8) is 0 Å². The van der Waals surface area contributed by atoms with Crippen LogP contribution in [0.3, 0.4) is 0 Å². The van der Waals surface area contributed by atoms with Crippen molar-refractivity contribution >= 4 is 15.7 Å². The summed E-state index contributed by atoms with van der Waals surface area (Å²) < 4.78 is 26.7. The Morgan fingerprint density at radius 1 is 1.26 bits per heavy atom.